The molecule has 0 atom stereocenters. The van der Waals surface area contributed by atoms with Gasteiger partial charge in [-0.15, -0.1) is 11.3 Å². The fourth-order valence-corrected chi connectivity index (χ4v) is 5.27. The summed E-state index contributed by atoms with van der Waals surface area (Å²) >= 11 is 1.54. The van der Waals surface area contributed by atoms with E-state index in [1.807, 2.05) is 40.6 Å². The van der Waals surface area contributed by atoms with Crippen molar-refractivity contribution in [3.63, 3.8) is 0 Å². The number of aromatic nitrogens is 2. The highest BCUT2D eigenvalue weighted by molar-refractivity contribution is 7.09. The highest BCUT2D eigenvalue weighted by Crippen LogP contribution is 2.34. The fourth-order valence-electron chi connectivity index (χ4n) is 4.57. The summed E-state index contributed by atoms with van der Waals surface area (Å²) in [6, 6.07) is 14.1. The minimum atomic E-state index is 0.148. The Kier molecular flexibility index (Phi) is 6.54. The largest absolute Gasteiger partial charge is 0.497 e. The maximum Gasteiger partial charge on any atom is 0.228 e. The first kappa shape index (κ1) is 22.5. The number of rotatable bonds is 7. The molecule has 0 aliphatic carbocycles. The van der Waals surface area contributed by atoms with E-state index in [2.05, 4.69) is 35.2 Å². The second kappa shape index (κ2) is 9.89. The van der Waals surface area contributed by atoms with E-state index in [9.17, 15) is 4.79 Å². The molecule has 1 saturated heterocycles. The van der Waals surface area contributed by atoms with Crippen molar-refractivity contribution in [1.82, 2.24) is 14.9 Å². The number of amides is 1. The topological polar surface area (TPSA) is 67.5 Å². The Morgan fingerprint density at radius 1 is 1.15 bits per heavy atom. The van der Waals surface area contributed by atoms with Gasteiger partial charge in [-0.3, -0.25) is 4.79 Å². The van der Waals surface area contributed by atoms with Crippen LogP contribution in [0.25, 0.3) is 10.9 Å². The van der Waals surface area contributed by atoms with Crippen LogP contribution in [-0.2, 0) is 17.8 Å². The molecule has 3 heterocycles. The van der Waals surface area contributed by atoms with Crippen molar-refractivity contribution in [3.05, 3.63) is 75.9 Å². The van der Waals surface area contributed by atoms with Gasteiger partial charge in [0.05, 0.1) is 19.2 Å². The summed E-state index contributed by atoms with van der Waals surface area (Å²) in [6.45, 7) is 4.01. The Morgan fingerprint density at radius 3 is 2.68 bits per heavy atom. The summed E-state index contributed by atoms with van der Waals surface area (Å²) in [7, 11) is 1.69. The van der Waals surface area contributed by atoms with Crippen molar-refractivity contribution in [2.45, 2.75) is 38.7 Å². The number of nitrogens with one attached hydrogen (secondary N) is 1. The number of aryl methyl sites for hydroxylation is 1. The molecule has 5 rings (SSSR count). The van der Waals surface area contributed by atoms with E-state index >= 15 is 0 Å². The van der Waals surface area contributed by atoms with Crippen molar-refractivity contribution >= 4 is 28.1 Å². The summed E-state index contributed by atoms with van der Waals surface area (Å²) in [6.07, 6.45) is 4.38. The number of nitrogens with zero attached hydrogens (tertiary/aromatic N) is 2. The minimum absolute atomic E-state index is 0.148. The van der Waals surface area contributed by atoms with Gasteiger partial charge in [-0.05, 0) is 61.6 Å². The number of H-pyrrole nitrogens is 1. The van der Waals surface area contributed by atoms with Crippen LogP contribution in [0, 0.1) is 6.92 Å². The van der Waals surface area contributed by atoms with Crippen molar-refractivity contribution in [2.75, 3.05) is 20.2 Å². The highest BCUT2D eigenvalue weighted by Gasteiger charge is 2.26. The lowest BCUT2D eigenvalue weighted by molar-refractivity contribution is -0.131. The first-order valence-corrected chi connectivity index (χ1v) is 12.5. The molecule has 1 amide bonds. The van der Waals surface area contributed by atoms with E-state index in [-0.39, 0.29) is 5.91 Å². The smallest absolute Gasteiger partial charge is 0.228 e. The monoisotopic (exact) mass is 475 g/mol. The molecule has 4 aromatic rings. The number of hydrogen-bond acceptors (Lipinski definition) is 5. The molecule has 2 aromatic heterocycles. The Hall–Kier alpha value is -3.32. The highest BCUT2D eigenvalue weighted by atomic mass is 32.1. The lowest BCUT2D eigenvalue weighted by Crippen LogP contribution is -2.38. The SMILES string of the molecule is COc1ccc2[nH]cc(C3CCN(C(=O)Cc4csc(COc5ccc(C)cc5)n4)CC3)c2c1. The Morgan fingerprint density at radius 2 is 1.91 bits per heavy atom. The van der Waals surface area contributed by atoms with Crippen molar-refractivity contribution in [2.24, 2.45) is 0 Å². The quantitative estimate of drug-likeness (QED) is 0.385. The molecule has 0 saturated carbocycles. The van der Waals surface area contributed by atoms with Crippen molar-refractivity contribution in [3.8, 4) is 11.5 Å². The summed E-state index contributed by atoms with van der Waals surface area (Å²) < 4.78 is 11.2. The van der Waals surface area contributed by atoms with Crippen LogP contribution in [0.4, 0.5) is 0 Å². The van der Waals surface area contributed by atoms with Crippen LogP contribution in [0.5, 0.6) is 11.5 Å². The van der Waals surface area contributed by atoms with Gasteiger partial charge in [-0.1, -0.05) is 17.7 Å². The van der Waals surface area contributed by atoms with Gasteiger partial charge in [0.2, 0.25) is 5.91 Å². The summed E-state index contributed by atoms with van der Waals surface area (Å²) in [5.41, 5.74) is 4.47. The number of benzene rings is 2. The van der Waals surface area contributed by atoms with Gasteiger partial charge in [0.1, 0.15) is 23.1 Å². The van der Waals surface area contributed by atoms with E-state index in [0.717, 1.165) is 53.6 Å². The van der Waals surface area contributed by atoms with E-state index in [0.29, 0.717) is 18.9 Å². The predicted octanol–water partition coefficient (Wildman–Crippen LogP) is 5.47. The second-order valence-electron chi connectivity index (χ2n) is 8.82. The molecule has 1 N–H and O–H groups in total. The summed E-state index contributed by atoms with van der Waals surface area (Å²) in [4.78, 5) is 22.9. The molecular formula is C27H29N3O3S. The molecule has 34 heavy (non-hydrogen) atoms. The number of piperidine rings is 1. The van der Waals surface area contributed by atoms with Crippen LogP contribution in [-0.4, -0.2) is 41.0 Å². The molecule has 0 bridgehead atoms. The molecule has 1 fully saturated rings. The van der Waals surface area contributed by atoms with Crippen LogP contribution in [0.3, 0.4) is 0 Å². The lowest BCUT2D eigenvalue weighted by atomic mass is 9.89. The number of thiazole rings is 1. The van der Waals surface area contributed by atoms with Crippen LogP contribution in [0.1, 0.15) is 40.6 Å². The molecule has 0 unspecified atom stereocenters. The molecule has 1 aliphatic heterocycles. The standard InChI is InChI=1S/C27H29N3O3S/c1-18-3-5-21(6-4-18)33-16-26-29-20(17-34-26)13-27(31)30-11-9-19(10-12-30)24-15-28-25-8-7-22(32-2)14-23(24)25/h3-8,14-15,17,19,28H,9-13,16H2,1-2H3. The first-order valence-electron chi connectivity index (χ1n) is 11.6. The number of ether oxygens (including phenoxy) is 2. The molecule has 1 aliphatic rings. The maximum atomic E-state index is 12.9. The summed E-state index contributed by atoms with van der Waals surface area (Å²) in [5, 5.41) is 4.07. The Bertz CT molecular complexity index is 1270. The third-order valence-corrected chi connectivity index (χ3v) is 7.39. The number of aromatic amines is 1. The zero-order valence-corrected chi connectivity index (χ0v) is 20.4. The average Bonchev–Trinajstić information content (AvgIpc) is 3.50. The van der Waals surface area contributed by atoms with Gasteiger partial charge in [0, 0.05) is 35.6 Å². The van der Waals surface area contributed by atoms with E-state index in [1.54, 1.807) is 18.4 Å². The van der Waals surface area contributed by atoms with Crippen molar-refractivity contribution < 1.29 is 14.3 Å². The molecule has 6 nitrogen and oxygen atoms in total. The molecule has 2 aromatic carbocycles. The lowest BCUT2D eigenvalue weighted by Gasteiger charge is -2.32. The number of carbonyl (C=O) groups is 1. The van der Waals surface area contributed by atoms with Gasteiger partial charge >= 0.3 is 0 Å². The average molecular weight is 476 g/mol. The predicted molar refractivity (Wildman–Crippen MR) is 135 cm³/mol. The van der Waals surface area contributed by atoms with E-state index < -0.39 is 0 Å². The van der Waals surface area contributed by atoms with Gasteiger partial charge in [-0.2, -0.15) is 0 Å². The summed E-state index contributed by atoms with van der Waals surface area (Å²) in [5.74, 6) is 2.29. The fraction of sp³-hybridized carbons (Fsp3) is 0.333. The molecule has 0 spiro atoms. The van der Waals surface area contributed by atoms with Crippen LogP contribution < -0.4 is 9.47 Å². The van der Waals surface area contributed by atoms with Gasteiger partial charge in [-0.25, -0.2) is 4.98 Å². The Balaban J connectivity index is 1.14. The van der Waals surface area contributed by atoms with Crippen LogP contribution in [0.2, 0.25) is 0 Å². The Labute approximate surface area is 203 Å². The third kappa shape index (κ3) is 4.94. The van der Waals surface area contributed by atoms with Gasteiger partial charge in [0.25, 0.3) is 0 Å². The first-order chi connectivity index (χ1) is 16.6. The number of carbonyl (C=O) groups excluding carboxylic acids is 1. The number of likely N-dealkylation sites (tertiary alicyclic amines) is 1. The number of methoxy groups -OCH3 is 1. The number of hydrogen-bond donors (Lipinski definition) is 1. The van der Waals surface area contributed by atoms with Crippen LogP contribution >= 0.6 is 11.3 Å². The van der Waals surface area contributed by atoms with E-state index in [4.69, 9.17) is 9.47 Å². The van der Waals surface area contributed by atoms with E-state index in [1.165, 1.54) is 16.5 Å². The third-order valence-electron chi connectivity index (χ3n) is 6.52. The normalized spacial score (nSPS) is 14.5. The maximum absolute atomic E-state index is 12.9. The minimum Gasteiger partial charge on any atom is -0.497 e. The van der Waals surface area contributed by atoms with Gasteiger partial charge < -0.3 is 19.4 Å². The second-order valence-corrected chi connectivity index (χ2v) is 9.76. The zero-order chi connectivity index (χ0) is 23.5. The van der Waals surface area contributed by atoms with Gasteiger partial charge in [0.15, 0.2) is 0 Å². The molecule has 7 heteroatoms. The number of fused-ring (bicyclic) bond motifs is 1. The zero-order valence-electron chi connectivity index (χ0n) is 19.5. The molecule has 176 valence electrons. The molecular weight excluding hydrogens is 446 g/mol. The molecule has 0 radical (unpaired) electrons. The van der Waals surface area contributed by atoms with Crippen molar-refractivity contribution in [1.29, 1.82) is 0 Å². The van der Waals surface area contributed by atoms with Crippen LogP contribution in [0.15, 0.2) is 54.0 Å².